The molecule has 0 aliphatic carbocycles. The van der Waals surface area contributed by atoms with Gasteiger partial charge in [-0.3, -0.25) is 0 Å². The van der Waals surface area contributed by atoms with E-state index in [1.165, 1.54) is 11.8 Å². The molecule has 1 N–H and O–H groups in total. The van der Waals surface area contributed by atoms with Gasteiger partial charge in [-0.1, -0.05) is 6.07 Å². The molecule has 0 saturated heterocycles. The van der Waals surface area contributed by atoms with Gasteiger partial charge in [0.25, 0.3) is 0 Å². The maximum atomic E-state index is 11.3. The average Bonchev–Trinajstić information content (AvgIpc) is 2.35. The first-order valence-electron chi connectivity index (χ1n) is 5.74. The first-order valence-corrected chi connectivity index (χ1v) is 6.97. The third-order valence-electron chi connectivity index (χ3n) is 2.31. The summed E-state index contributed by atoms with van der Waals surface area (Å²) in [6.45, 7) is 4.82. The van der Waals surface area contributed by atoms with Crippen LogP contribution in [0.25, 0.3) is 0 Å². The summed E-state index contributed by atoms with van der Waals surface area (Å²) in [7, 11) is 0. The lowest BCUT2D eigenvalue weighted by molar-refractivity contribution is 0.0603. The van der Waals surface area contributed by atoms with Crippen molar-refractivity contribution in [1.29, 1.82) is 0 Å². The number of ether oxygens (including phenoxy) is 2. The number of aromatic carboxylic acids is 1. The summed E-state index contributed by atoms with van der Waals surface area (Å²) >= 11 is 1.39. The number of carboxylic acids is 1. The molecule has 0 aromatic heterocycles. The molecule has 0 aliphatic heterocycles. The van der Waals surface area contributed by atoms with Crippen LogP contribution in [0, 0.1) is 0 Å². The zero-order valence-corrected chi connectivity index (χ0v) is 11.6. The van der Waals surface area contributed by atoms with Gasteiger partial charge in [-0.25, -0.2) is 4.79 Å². The third-order valence-corrected chi connectivity index (χ3v) is 3.09. The van der Waals surface area contributed by atoms with Gasteiger partial charge < -0.3 is 14.6 Å². The van der Waals surface area contributed by atoms with Gasteiger partial charge in [0.05, 0.1) is 6.61 Å². The smallest absolute Gasteiger partial charge is 0.340 e. The zero-order valence-electron chi connectivity index (χ0n) is 10.8. The van der Waals surface area contributed by atoms with Gasteiger partial charge in [-0.2, -0.15) is 0 Å². The lowest BCUT2D eigenvalue weighted by Gasteiger charge is -2.17. The Bertz CT molecular complexity index is 406. The Kier molecular flexibility index (Phi) is 6.01. The summed E-state index contributed by atoms with van der Waals surface area (Å²) in [6, 6.07) is 5.24. The van der Waals surface area contributed by atoms with Gasteiger partial charge in [0.1, 0.15) is 17.4 Å². The second kappa shape index (κ2) is 7.28. The Morgan fingerprint density at radius 1 is 1.50 bits per heavy atom. The molecule has 4 nitrogen and oxygen atoms in total. The van der Waals surface area contributed by atoms with Crippen LogP contribution < -0.4 is 4.74 Å². The van der Waals surface area contributed by atoms with Gasteiger partial charge in [-0.05, 0) is 32.2 Å². The minimum atomic E-state index is -0.974. The molecule has 1 unspecified atom stereocenters. The highest BCUT2D eigenvalue weighted by Crippen LogP contribution is 2.29. The van der Waals surface area contributed by atoms with E-state index in [-0.39, 0.29) is 11.7 Å². The van der Waals surface area contributed by atoms with E-state index in [0.717, 1.165) is 0 Å². The molecule has 1 aromatic carbocycles. The molecule has 0 fully saturated rings. The molecule has 5 heteroatoms. The summed E-state index contributed by atoms with van der Waals surface area (Å²) in [5, 5.41) is 9.24. The Morgan fingerprint density at radius 3 is 2.78 bits per heavy atom. The summed E-state index contributed by atoms with van der Waals surface area (Å²) in [5.74, 6) is -0.583. The fourth-order valence-electron chi connectivity index (χ4n) is 1.52. The monoisotopic (exact) mass is 270 g/mol. The van der Waals surface area contributed by atoms with Crippen LogP contribution in [0.2, 0.25) is 0 Å². The van der Waals surface area contributed by atoms with Crippen LogP contribution in [0.3, 0.4) is 0 Å². The average molecular weight is 270 g/mol. The first kappa shape index (κ1) is 14.9. The summed E-state index contributed by atoms with van der Waals surface area (Å²) in [6.07, 6.45) is 1.66. The van der Waals surface area contributed by atoms with Crippen molar-refractivity contribution in [3.05, 3.63) is 23.8 Å². The lowest BCUT2D eigenvalue weighted by atomic mass is 10.2. The van der Waals surface area contributed by atoms with Crippen LogP contribution in [0.15, 0.2) is 23.1 Å². The van der Waals surface area contributed by atoms with Gasteiger partial charge in [-0.15, -0.1) is 11.8 Å². The standard InChI is InChI=1S/C13H18O4S/c1-4-16-8-9(2)17-10-6-5-7-11(18-3)12(10)13(14)15/h5-7,9H,4,8H2,1-3H3,(H,14,15). The Hall–Kier alpha value is -1.20. The van der Waals surface area contributed by atoms with Crippen LogP contribution in [0.5, 0.6) is 5.75 Å². The molecule has 18 heavy (non-hydrogen) atoms. The van der Waals surface area contributed by atoms with E-state index in [0.29, 0.717) is 23.9 Å². The Balaban J connectivity index is 2.90. The number of carbonyl (C=O) groups is 1. The zero-order chi connectivity index (χ0) is 13.5. The lowest BCUT2D eigenvalue weighted by Crippen LogP contribution is -2.20. The largest absolute Gasteiger partial charge is 0.487 e. The van der Waals surface area contributed by atoms with Crippen molar-refractivity contribution in [2.24, 2.45) is 0 Å². The minimum absolute atomic E-state index is 0.180. The van der Waals surface area contributed by atoms with Crippen molar-refractivity contribution >= 4 is 17.7 Å². The van der Waals surface area contributed by atoms with Crippen LogP contribution >= 0.6 is 11.8 Å². The molecule has 1 aromatic rings. The van der Waals surface area contributed by atoms with E-state index < -0.39 is 5.97 Å². The number of hydrogen-bond donors (Lipinski definition) is 1. The quantitative estimate of drug-likeness (QED) is 0.772. The molecule has 0 saturated carbocycles. The van der Waals surface area contributed by atoms with E-state index in [4.69, 9.17) is 9.47 Å². The SMILES string of the molecule is CCOCC(C)Oc1cccc(SC)c1C(=O)O. The number of thioether (sulfide) groups is 1. The van der Waals surface area contributed by atoms with Gasteiger partial charge in [0.2, 0.25) is 0 Å². The molecule has 0 spiro atoms. The fourth-order valence-corrected chi connectivity index (χ4v) is 2.13. The molecule has 0 heterocycles. The molecule has 0 bridgehead atoms. The molecular formula is C13H18O4S. The van der Waals surface area contributed by atoms with E-state index in [1.54, 1.807) is 18.2 Å². The molecule has 0 radical (unpaired) electrons. The molecule has 1 atom stereocenters. The molecule has 0 amide bonds. The van der Waals surface area contributed by atoms with Crippen LogP contribution in [-0.4, -0.2) is 36.6 Å². The van der Waals surface area contributed by atoms with Crippen molar-refractivity contribution in [3.63, 3.8) is 0 Å². The second-order valence-electron chi connectivity index (χ2n) is 3.73. The van der Waals surface area contributed by atoms with E-state index in [9.17, 15) is 9.90 Å². The van der Waals surface area contributed by atoms with Crippen LogP contribution in [-0.2, 0) is 4.74 Å². The summed E-state index contributed by atoms with van der Waals surface area (Å²) < 4.78 is 10.9. The van der Waals surface area contributed by atoms with E-state index >= 15 is 0 Å². The maximum Gasteiger partial charge on any atom is 0.340 e. The summed E-state index contributed by atoms with van der Waals surface area (Å²) in [5.41, 5.74) is 0.216. The maximum absolute atomic E-state index is 11.3. The Morgan fingerprint density at radius 2 is 2.22 bits per heavy atom. The number of benzene rings is 1. The number of carboxylic acid groups (broad SMARTS) is 1. The Labute approximate surface area is 111 Å². The van der Waals surface area contributed by atoms with Crippen molar-refractivity contribution in [2.45, 2.75) is 24.8 Å². The van der Waals surface area contributed by atoms with Crippen molar-refractivity contribution < 1.29 is 19.4 Å². The first-order chi connectivity index (χ1) is 8.60. The highest BCUT2D eigenvalue weighted by molar-refractivity contribution is 7.98. The van der Waals surface area contributed by atoms with Crippen molar-refractivity contribution in [1.82, 2.24) is 0 Å². The predicted octanol–water partition coefficient (Wildman–Crippen LogP) is 2.91. The van der Waals surface area contributed by atoms with Gasteiger partial charge >= 0.3 is 5.97 Å². The molecule has 0 aliphatic rings. The second-order valence-corrected chi connectivity index (χ2v) is 4.57. The van der Waals surface area contributed by atoms with Gasteiger partial charge in [0.15, 0.2) is 0 Å². The van der Waals surface area contributed by atoms with Crippen molar-refractivity contribution in [3.8, 4) is 5.75 Å². The van der Waals surface area contributed by atoms with Gasteiger partial charge in [0, 0.05) is 11.5 Å². The molecular weight excluding hydrogens is 252 g/mol. The number of rotatable bonds is 7. The topological polar surface area (TPSA) is 55.8 Å². The third kappa shape index (κ3) is 3.92. The molecule has 100 valence electrons. The predicted molar refractivity (Wildman–Crippen MR) is 71.8 cm³/mol. The minimum Gasteiger partial charge on any atom is -0.487 e. The summed E-state index contributed by atoms with van der Waals surface area (Å²) in [4.78, 5) is 12.0. The fraction of sp³-hybridized carbons (Fsp3) is 0.462. The highest BCUT2D eigenvalue weighted by atomic mass is 32.2. The normalized spacial score (nSPS) is 12.2. The van der Waals surface area contributed by atoms with E-state index in [2.05, 4.69) is 0 Å². The van der Waals surface area contributed by atoms with Crippen molar-refractivity contribution in [2.75, 3.05) is 19.5 Å². The highest BCUT2D eigenvalue weighted by Gasteiger charge is 2.17. The van der Waals surface area contributed by atoms with Crippen LogP contribution in [0.1, 0.15) is 24.2 Å². The molecule has 1 rings (SSSR count). The van der Waals surface area contributed by atoms with E-state index in [1.807, 2.05) is 20.1 Å². The number of hydrogen-bond acceptors (Lipinski definition) is 4. The van der Waals surface area contributed by atoms with Crippen LogP contribution in [0.4, 0.5) is 0 Å².